The van der Waals surface area contributed by atoms with Gasteiger partial charge in [0, 0.05) is 35.8 Å². The largest absolute Gasteiger partial charge is 0.340 e. The third kappa shape index (κ3) is 5.77. The number of anilines is 1. The number of halogens is 1. The first-order valence-electron chi connectivity index (χ1n) is 11.9. The lowest BCUT2D eigenvalue weighted by Crippen LogP contribution is -2.34. The number of carbonyl (C=O) groups excluding carboxylic acids is 1. The van der Waals surface area contributed by atoms with Crippen LogP contribution in [-0.4, -0.2) is 35.6 Å². The van der Waals surface area contributed by atoms with Gasteiger partial charge in [0.2, 0.25) is 5.88 Å². The van der Waals surface area contributed by atoms with E-state index in [1.165, 1.54) is 6.42 Å². The van der Waals surface area contributed by atoms with Crippen molar-refractivity contribution in [3.8, 4) is 11.3 Å². The summed E-state index contributed by atoms with van der Waals surface area (Å²) in [5, 5.41) is 5.10. The molecule has 1 aromatic heterocycles. The van der Waals surface area contributed by atoms with Crippen molar-refractivity contribution >= 4 is 23.4 Å². The van der Waals surface area contributed by atoms with Gasteiger partial charge in [-0.1, -0.05) is 60.9 Å². The van der Waals surface area contributed by atoms with Gasteiger partial charge in [0.05, 0.1) is 12.1 Å². The first-order chi connectivity index (χ1) is 16.0. The molecule has 1 aliphatic rings. The molecule has 33 heavy (non-hydrogen) atoms. The van der Waals surface area contributed by atoms with Crippen molar-refractivity contribution in [3.05, 3.63) is 70.7 Å². The molecule has 4 rings (SSSR count). The molecule has 0 unspecified atom stereocenters. The Morgan fingerprint density at radius 2 is 1.76 bits per heavy atom. The van der Waals surface area contributed by atoms with Gasteiger partial charge in [-0.3, -0.25) is 4.79 Å². The maximum Gasteiger partial charge on any atom is 0.254 e. The van der Waals surface area contributed by atoms with Gasteiger partial charge < -0.3 is 14.3 Å². The van der Waals surface area contributed by atoms with Crippen molar-refractivity contribution in [2.24, 2.45) is 5.92 Å². The van der Waals surface area contributed by atoms with Gasteiger partial charge in [-0.25, -0.2) is 0 Å². The van der Waals surface area contributed by atoms with Crippen LogP contribution in [-0.2, 0) is 6.54 Å². The van der Waals surface area contributed by atoms with E-state index >= 15 is 0 Å². The van der Waals surface area contributed by atoms with E-state index in [1.54, 1.807) is 24.3 Å². The van der Waals surface area contributed by atoms with Crippen molar-refractivity contribution in [3.63, 3.8) is 0 Å². The first-order valence-corrected chi connectivity index (χ1v) is 12.2. The Balaban J connectivity index is 1.70. The van der Waals surface area contributed by atoms with Gasteiger partial charge in [-0.05, 0) is 55.9 Å². The molecule has 0 spiro atoms. The number of aromatic nitrogens is 1. The van der Waals surface area contributed by atoms with Gasteiger partial charge in [0.1, 0.15) is 5.69 Å². The number of amides is 1. The highest BCUT2D eigenvalue weighted by Gasteiger charge is 2.27. The fraction of sp³-hybridized carbons (Fsp3) is 0.407. The van der Waals surface area contributed by atoms with Crippen LogP contribution >= 0.6 is 11.6 Å². The summed E-state index contributed by atoms with van der Waals surface area (Å²) in [7, 11) is 0. The van der Waals surface area contributed by atoms with E-state index in [-0.39, 0.29) is 5.91 Å². The Labute approximate surface area is 201 Å². The second-order valence-corrected chi connectivity index (χ2v) is 9.58. The summed E-state index contributed by atoms with van der Waals surface area (Å²) < 4.78 is 5.94. The lowest BCUT2D eigenvalue weighted by Gasteiger charge is -2.29. The van der Waals surface area contributed by atoms with Crippen LogP contribution in [0.5, 0.6) is 0 Å². The topological polar surface area (TPSA) is 49.6 Å². The Morgan fingerprint density at radius 1 is 1.06 bits per heavy atom. The molecule has 174 valence electrons. The Morgan fingerprint density at radius 3 is 2.42 bits per heavy atom. The minimum Gasteiger partial charge on any atom is -0.340 e. The molecule has 0 atom stereocenters. The molecule has 1 amide bonds. The van der Waals surface area contributed by atoms with Crippen LogP contribution in [0.15, 0.2) is 59.1 Å². The van der Waals surface area contributed by atoms with E-state index in [4.69, 9.17) is 16.1 Å². The summed E-state index contributed by atoms with van der Waals surface area (Å²) in [6.45, 7) is 7.38. The molecule has 1 saturated heterocycles. The van der Waals surface area contributed by atoms with E-state index in [2.05, 4.69) is 23.9 Å². The van der Waals surface area contributed by atoms with Crippen LogP contribution in [0, 0.1) is 5.92 Å². The van der Waals surface area contributed by atoms with E-state index in [1.807, 2.05) is 35.2 Å². The Bertz CT molecular complexity index is 1040. The fourth-order valence-corrected chi connectivity index (χ4v) is 4.37. The predicted octanol–water partition coefficient (Wildman–Crippen LogP) is 6.67. The number of hydrogen-bond donors (Lipinski definition) is 0. The van der Waals surface area contributed by atoms with Crippen molar-refractivity contribution < 1.29 is 9.32 Å². The third-order valence-electron chi connectivity index (χ3n) is 6.16. The summed E-state index contributed by atoms with van der Waals surface area (Å²) in [5.74, 6) is 1.28. The maximum absolute atomic E-state index is 13.5. The molecule has 1 fully saturated rings. The van der Waals surface area contributed by atoms with Crippen molar-refractivity contribution in [1.29, 1.82) is 0 Å². The molecule has 2 heterocycles. The molecular formula is C27H32ClN3O2. The lowest BCUT2D eigenvalue weighted by atomic mass is 10.0. The molecule has 1 aliphatic heterocycles. The summed E-state index contributed by atoms with van der Waals surface area (Å²) in [5.41, 5.74) is 3.44. The van der Waals surface area contributed by atoms with E-state index < -0.39 is 0 Å². The second-order valence-electron chi connectivity index (χ2n) is 9.14. The maximum atomic E-state index is 13.5. The Hall–Kier alpha value is -2.79. The molecular weight excluding hydrogens is 434 g/mol. The number of carbonyl (C=O) groups is 1. The first kappa shape index (κ1) is 23.4. The molecule has 0 saturated carbocycles. The number of rotatable bonds is 8. The molecule has 0 aliphatic carbocycles. The van der Waals surface area contributed by atoms with Crippen LogP contribution in [0.1, 0.15) is 55.5 Å². The van der Waals surface area contributed by atoms with E-state index in [9.17, 15) is 4.79 Å². The molecule has 0 bridgehead atoms. The predicted molar refractivity (Wildman–Crippen MR) is 134 cm³/mol. The van der Waals surface area contributed by atoms with Gasteiger partial charge >= 0.3 is 0 Å². The van der Waals surface area contributed by atoms with Crippen LogP contribution in [0.25, 0.3) is 11.3 Å². The zero-order valence-electron chi connectivity index (χ0n) is 19.5. The molecule has 5 nitrogen and oxygen atoms in total. The van der Waals surface area contributed by atoms with Gasteiger partial charge in [-0.2, -0.15) is 0 Å². The van der Waals surface area contributed by atoms with Crippen LogP contribution in [0.2, 0.25) is 5.02 Å². The molecule has 3 aromatic rings. The highest BCUT2D eigenvalue weighted by atomic mass is 35.5. The highest BCUT2D eigenvalue weighted by Crippen LogP contribution is 2.34. The van der Waals surface area contributed by atoms with Crippen molar-refractivity contribution in [2.45, 2.75) is 46.1 Å². The zero-order valence-corrected chi connectivity index (χ0v) is 20.2. The molecule has 2 aromatic carbocycles. The summed E-state index contributed by atoms with van der Waals surface area (Å²) >= 11 is 6.06. The Kier molecular flexibility index (Phi) is 7.71. The third-order valence-corrected chi connectivity index (χ3v) is 6.41. The van der Waals surface area contributed by atoms with Gasteiger partial charge in [0.25, 0.3) is 5.91 Å². The normalized spacial score (nSPS) is 14.0. The summed E-state index contributed by atoms with van der Waals surface area (Å²) in [6, 6.07) is 17.2. The van der Waals surface area contributed by atoms with Gasteiger partial charge in [0.15, 0.2) is 0 Å². The van der Waals surface area contributed by atoms with E-state index in [0.717, 1.165) is 55.1 Å². The average molecular weight is 466 g/mol. The summed E-state index contributed by atoms with van der Waals surface area (Å²) in [6.07, 6.45) is 4.44. The highest BCUT2D eigenvalue weighted by molar-refractivity contribution is 6.30. The summed E-state index contributed by atoms with van der Waals surface area (Å²) in [4.78, 5) is 17.8. The molecule has 6 heteroatoms. The van der Waals surface area contributed by atoms with Crippen molar-refractivity contribution in [2.75, 3.05) is 24.5 Å². The lowest BCUT2D eigenvalue weighted by molar-refractivity contribution is 0.0736. The monoisotopic (exact) mass is 465 g/mol. The van der Waals surface area contributed by atoms with Crippen LogP contribution in [0.4, 0.5) is 5.88 Å². The van der Waals surface area contributed by atoms with Crippen LogP contribution in [0.3, 0.4) is 0 Å². The fourth-order valence-electron chi connectivity index (χ4n) is 4.24. The smallest absolute Gasteiger partial charge is 0.254 e. The number of nitrogens with zero attached hydrogens (tertiary/aromatic N) is 3. The minimum absolute atomic E-state index is 0.00266. The molecule has 0 N–H and O–H groups in total. The number of piperidine rings is 1. The quantitative estimate of drug-likeness (QED) is 0.372. The average Bonchev–Trinajstić information content (AvgIpc) is 3.26. The second kappa shape index (κ2) is 10.9. The van der Waals surface area contributed by atoms with E-state index in [0.29, 0.717) is 29.6 Å². The van der Waals surface area contributed by atoms with Crippen LogP contribution < -0.4 is 4.90 Å². The minimum atomic E-state index is -0.00266. The molecule has 0 radical (unpaired) electrons. The zero-order chi connectivity index (χ0) is 23.2. The number of hydrogen-bond acceptors (Lipinski definition) is 4. The standard InChI is InChI=1S/C27H32ClN3O2/c1-20(2)15-18-31(26(32)22-11-13-23(28)14-12-22)19-24-25(21-9-5-3-6-10-21)29-33-27(24)30-16-7-4-8-17-30/h3,5-6,9-14,20H,4,7-8,15-19H2,1-2H3. The van der Waals surface area contributed by atoms with Crippen molar-refractivity contribution in [1.82, 2.24) is 10.1 Å². The SMILES string of the molecule is CC(C)CCN(Cc1c(-c2ccccc2)noc1N1CCCCC1)C(=O)c1ccc(Cl)cc1. The number of benzene rings is 2. The van der Waals surface area contributed by atoms with Gasteiger partial charge in [-0.15, -0.1) is 0 Å².